The van der Waals surface area contributed by atoms with Crippen LogP contribution in [0, 0.1) is 0 Å². The fourth-order valence-electron chi connectivity index (χ4n) is 0.487. The van der Waals surface area contributed by atoms with Gasteiger partial charge in [-0.3, -0.25) is 4.39 Å². The third-order valence-electron chi connectivity index (χ3n) is 0.905. The second kappa shape index (κ2) is 3.46. The molecule has 0 atom stereocenters. The van der Waals surface area contributed by atoms with Crippen molar-refractivity contribution in [1.29, 1.82) is 0 Å². The molecule has 3 heteroatoms. The van der Waals surface area contributed by atoms with Crippen molar-refractivity contribution in [2.24, 2.45) is 0 Å². The third kappa shape index (κ3) is 6.44. The van der Waals surface area contributed by atoms with Crippen molar-refractivity contribution in [2.75, 3.05) is 6.67 Å². The van der Waals surface area contributed by atoms with Crippen molar-refractivity contribution in [3.8, 4) is 0 Å². The molecule has 0 unspecified atom stereocenters. The Balaban J connectivity index is 3.11. The first-order valence-electron chi connectivity index (χ1n) is 2.81. The maximum Gasteiger partial charge on any atom is 0.150 e. The topological polar surface area (TPSA) is 0 Å². The smallest absolute Gasteiger partial charge is 0.150 e. The van der Waals surface area contributed by atoms with E-state index in [-0.39, 0.29) is 6.67 Å². The Labute approximate surface area is 55.8 Å². The molecule has 0 rings (SSSR count). The van der Waals surface area contributed by atoms with Gasteiger partial charge in [-0.2, -0.15) is 11.1 Å². The number of hydrogen-bond donors (Lipinski definition) is 0. The Kier molecular flexibility index (Phi) is 3.65. The molecule has 0 spiro atoms. The molecule has 50 valence electrons. The summed E-state index contributed by atoms with van der Waals surface area (Å²) in [6.45, 7) is 3.84. The SMILES string of the molecule is C[Si](C)(Cl)CCCF. The molecule has 0 N–H and O–H groups in total. The molecule has 0 saturated carbocycles. The molecule has 0 aliphatic rings. The summed E-state index contributed by atoms with van der Waals surface area (Å²) >= 11 is 5.88. The largest absolute Gasteiger partial charge is 0.251 e. The Morgan fingerprint density at radius 2 is 2.00 bits per heavy atom. The second-order valence-corrected chi connectivity index (χ2v) is 9.52. The molecule has 0 aromatic rings. The summed E-state index contributed by atoms with van der Waals surface area (Å²) in [5, 5.41) is 0. The number of alkyl halides is 1. The third-order valence-corrected chi connectivity index (χ3v) is 3.01. The molecule has 0 bridgehead atoms. The predicted octanol–water partition coefficient (Wildman–Crippen LogP) is 2.79. The molecular formula is C5H12ClFSi. The van der Waals surface area contributed by atoms with Crippen molar-refractivity contribution in [3.63, 3.8) is 0 Å². The molecule has 0 nitrogen and oxygen atoms in total. The van der Waals surface area contributed by atoms with E-state index in [0.29, 0.717) is 6.42 Å². The van der Waals surface area contributed by atoms with Crippen LogP contribution in [0.5, 0.6) is 0 Å². The highest BCUT2D eigenvalue weighted by atomic mass is 35.6. The quantitative estimate of drug-likeness (QED) is 0.433. The Morgan fingerprint density at radius 3 is 2.12 bits per heavy atom. The van der Waals surface area contributed by atoms with E-state index < -0.39 is 7.38 Å². The van der Waals surface area contributed by atoms with Gasteiger partial charge in [-0.25, -0.2) is 0 Å². The van der Waals surface area contributed by atoms with E-state index in [9.17, 15) is 4.39 Å². The molecule has 0 radical (unpaired) electrons. The van der Waals surface area contributed by atoms with E-state index in [0.717, 1.165) is 6.04 Å². The minimum atomic E-state index is -1.45. The van der Waals surface area contributed by atoms with Gasteiger partial charge in [0.15, 0.2) is 7.38 Å². The highest BCUT2D eigenvalue weighted by Crippen LogP contribution is 2.15. The first kappa shape index (κ1) is 8.44. The van der Waals surface area contributed by atoms with Crippen molar-refractivity contribution < 1.29 is 4.39 Å². The van der Waals surface area contributed by atoms with E-state index in [1.54, 1.807) is 0 Å². The summed E-state index contributed by atoms with van der Waals surface area (Å²) < 4.78 is 11.5. The molecule has 0 saturated heterocycles. The second-order valence-electron chi connectivity index (χ2n) is 2.51. The average molecular weight is 155 g/mol. The van der Waals surface area contributed by atoms with Crippen molar-refractivity contribution in [3.05, 3.63) is 0 Å². The summed E-state index contributed by atoms with van der Waals surface area (Å²) in [5.74, 6) is 0. The van der Waals surface area contributed by atoms with Crippen molar-refractivity contribution >= 4 is 18.5 Å². The van der Waals surface area contributed by atoms with Gasteiger partial charge < -0.3 is 0 Å². The normalized spacial score (nSPS) is 12.0. The van der Waals surface area contributed by atoms with E-state index in [4.69, 9.17) is 11.1 Å². The lowest BCUT2D eigenvalue weighted by molar-refractivity contribution is 0.486. The van der Waals surface area contributed by atoms with E-state index in [2.05, 4.69) is 0 Å². The summed E-state index contributed by atoms with van der Waals surface area (Å²) in [6, 6.07) is 0.894. The van der Waals surface area contributed by atoms with Crippen LogP contribution in [-0.4, -0.2) is 14.1 Å². The summed E-state index contributed by atoms with van der Waals surface area (Å²) in [6.07, 6.45) is 0.642. The van der Waals surface area contributed by atoms with E-state index in [1.807, 2.05) is 13.1 Å². The van der Waals surface area contributed by atoms with Crippen LogP contribution in [0.4, 0.5) is 4.39 Å². The molecule has 0 aliphatic heterocycles. The highest BCUT2D eigenvalue weighted by molar-refractivity contribution is 7.19. The highest BCUT2D eigenvalue weighted by Gasteiger charge is 2.15. The zero-order valence-electron chi connectivity index (χ0n) is 5.38. The van der Waals surface area contributed by atoms with Crippen molar-refractivity contribution in [2.45, 2.75) is 25.6 Å². The number of rotatable bonds is 3. The van der Waals surface area contributed by atoms with Gasteiger partial charge in [-0.05, 0) is 12.5 Å². The molecule has 8 heavy (non-hydrogen) atoms. The van der Waals surface area contributed by atoms with Gasteiger partial charge in [0, 0.05) is 0 Å². The van der Waals surface area contributed by atoms with Crippen molar-refractivity contribution in [1.82, 2.24) is 0 Å². The zero-order chi connectivity index (χ0) is 6.62. The van der Waals surface area contributed by atoms with Gasteiger partial charge >= 0.3 is 0 Å². The monoisotopic (exact) mass is 154 g/mol. The van der Waals surface area contributed by atoms with Crippen LogP contribution < -0.4 is 0 Å². The molecule has 0 aromatic heterocycles. The molecule has 0 aromatic carbocycles. The van der Waals surface area contributed by atoms with Gasteiger partial charge in [-0.1, -0.05) is 13.1 Å². The first-order valence-corrected chi connectivity index (χ1v) is 7.03. The molecule has 0 amide bonds. The van der Waals surface area contributed by atoms with Gasteiger partial charge in [0.05, 0.1) is 6.67 Å². The first-order chi connectivity index (χ1) is 3.56. The van der Waals surface area contributed by atoms with Crippen LogP contribution in [0.2, 0.25) is 19.1 Å². The Morgan fingerprint density at radius 1 is 1.50 bits per heavy atom. The lowest BCUT2D eigenvalue weighted by atomic mass is 10.6. The molecule has 0 fully saturated rings. The van der Waals surface area contributed by atoms with E-state index in [1.165, 1.54) is 0 Å². The van der Waals surface area contributed by atoms with Gasteiger partial charge in [0.1, 0.15) is 0 Å². The van der Waals surface area contributed by atoms with Crippen LogP contribution in [0.15, 0.2) is 0 Å². The minimum Gasteiger partial charge on any atom is -0.251 e. The molecule has 0 aliphatic carbocycles. The average Bonchev–Trinajstić information content (AvgIpc) is 1.59. The van der Waals surface area contributed by atoms with Crippen LogP contribution in [0.1, 0.15) is 6.42 Å². The Bertz CT molecular complexity index is 59.9. The molecular weight excluding hydrogens is 143 g/mol. The van der Waals surface area contributed by atoms with Gasteiger partial charge in [0.2, 0.25) is 0 Å². The fraction of sp³-hybridized carbons (Fsp3) is 1.00. The summed E-state index contributed by atoms with van der Waals surface area (Å²) in [5.41, 5.74) is 0. The maximum absolute atomic E-state index is 11.5. The summed E-state index contributed by atoms with van der Waals surface area (Å²) in [4.78, 5) is 0. The lowest BCUT2D eigenvalue weighted by Gasteiger charge is -2.09. The lowest BCUT2D eigenvalue weighted by Crippen LogP contribution is -2.15. The number of hydrogen-bond acceptors (Lipinski definition) is 0. The number of halogens is 2. The van der Waals surface area contributed by atoms with Crippen LogP contribution in [-0.2, 0) is 0 Å². The Hall–Kier alpha value is 0.437. The van der Waals surface area contributed by atoms with Crippen LogP contribution in [0.3, 0.4) is 0 Å². The maximum atomic E-state index is 11.5. The van der Waals surface area contributed by atoms with Gasteiger partial charge in [0.25, 0.3) is 0 Å². The molecule has 0 heterocycles. The predicted molar refractivity (Wildman–Crippen MR) is 38.7 cm³/mol. The van der Waals surface area contributed by atoms with Crippen LogP contribution >= 0.6 is 11.1 Å². The van der Waals surface area contributed by atoms with Gasteiger partial charge in [-0.15, -0.1) is 0 Å². The summed E-state index contributed by atoms with van der Waals surface area (Å²) in [7, 11) is -1.45. The van der Waals surface area contributed by atoms with Crippen LogP contribution in [0.25, 0.3) is 0 Å². The van der Waals surface area contributed by atoms with E-state index >= 15 is 0 Å². The zero-order valence-corrected chi connectivity index (χ0v) is 7.13. The fourth-order valence-corrected chi connectivity index (χ4v) is 1.86. The minimum absolute atomic E-state index is 0.219. The standard InChI is InChI=1S/C5H12ClFSi/c1-8(2,6)5-3-4-7/h3-5H2,1-2H3.